The van der Waals surface area contributed by atoms with Crippen LogP contribution in [0.25, 0.3) is 0 Å². The van der Waals surface area contributed by atoms with Crippen molar-refractivity contribution in [2.45, 2.75) is 6.54 Å². The smallest absolute Gasteiger partial charge is 0.313 e. The number of nitrogens with one attached hydrogen (secondary N) is 2. The number of carbonyl (C=O) groups is 2. The minimum atomic E-state index is -0.671. The van der Waals surface area contributed by atoms with E-state index >= 15 is 0 Å². The summed E-state index contributed by atoms with van der Waals surface area (Å²) in [7, 11) is 0. The Morgan fingerprint density at radius 1 is 0.857 bits per heavy atom. The molecule has 1 saturated heterocycles. The second kappa shape index (κ2) is 10.2. The number of piperazine rings is 1. The lowest BCUT2D eigenvalue weighted by molar-refractivity contribution is -0.136. The number of anilines is 1. The van der Waals surface area contributed by atoms with Crippen LogP contribution < -0.4 is 10.6 Å². The van der Waals surface area contributed by atoms with Crippen LogP contribution >= 0.6 is 11.6 Å². The zero-order valence-corrected chi connectivity index (χ0v) is 16.5. The second-order valence-electron chi connectivity index (χ2n) is 6.82. The first-order valence-electron chi connectivity index (χ1n) is 9.43. The number of hydrogen-bond donors (Lipinski definition) is 2. The van der Waals surface area contributed by atoms with E-state index in [1.807, 2.05) is 6.07 Å². The summed E-state index contributed by atoms with van der Waals surface area (Å²) in [5.41, 5.74) is 1.87. The fraction of sp³-hybridized carbons (Fsp3) is 0.333. The summed E-state index contributed by atoms with van der Waals surface area (Å²) in [5, 5.41) is 5.81. The van der Waals surface area contributed by atoms with Crippen LogP contribution in [-0.4, -0.2) is 60.9 Å². The van der Waals surface area contributed by atoms with Crippen LogP contribution in [0, 0.1) is 0 Å². The molecular formula is C21H25ClN4O2. The second-order valence-corrected chi connectivity index (χ2v) is 7.26. The van der Waals surface area contributed by atoms with Gasteiger partial charge < -0.3 is 10.6 Å². The molecule has 0 bridgehead atoms. The van der Waals surface area contributed by atoms with Gasteiger partial charge in [-0.25, -0.2) is 0 Å². The van der Waals surface area contributed by atoms with Crippen molar-refractivity contribution in [2.24, 2.45) is 0 Å². The van der Waals surface area contributed by atoms with Gasteiger partial charge in [0.1, 0.15) is 0 Å². The number of amides is 2. The van der Waals surface area contributed by atoms with E-state index in [1.165, 1.54) is 5.56 Å². The molecule has 0 atom stereocenters. The quantitative estimate of drug-likeness (QED) is 0.730. The standard InChI is InChI=1S/C21H25ClN4O2/c22-18-6-8-19(9-7-18)24-21(28)20(27)23-10-11-25-12-14-26(15-13-25)16-17-4-2-1-3-5-17/h1-9H,10-16H2,(H,23,27)(H,24,28). The summed E-state index contributed by atoms with van der Waals surface area (Å²) < 4.78 is 0. The Balaban J connectivity index is 1.32. The molecule has 2 amide bonds. The monoisotopic (exact) mass is 400 g/mol. The van der Waals surface area contributed by atoms with Gasteiger partial charge >= 0.3 is 11.8 Å². The molecular weight excluding hydrogens is 376 g/mol. The van der Waals surface area contributed by atoms with Gasteiger partial charge in [0.25, 0.3) is 0 Å². The Kier molecular flexibility index (Phi) is 7.42. The number of rotatable bonds is 6. The first-order valence-corrected chi connectivity index (χ1v) is 9.81. The lowest BCUT2D eigenvalue weighted by atomic mass is 10.2. The van der Waals surface area contributed by atoms with Crippen molar-refractivity contribution in [3.8, 4) is 0 Å². The molecule has 6 nitrogen and oxygen atoms in total. The van der Waals surface area contributed by atoms with Crippen LogP contribution in [0.4, 0.5) is 5.69 Å². The Morgan fingerprint density at radius 3 is 2.18 bits per heavy atom. The van der Waals surface area contributed by atoms with Gasteiger partial charge in [0.05, 0.1) is 0 Å². The van der Waals surface area contributed by atoms with Crippen LogP contribution in [0.15, 0.2) is 54.6 Å². The van der Waals surface area contributed by atoms with E-state index in [-0.39, 0.29) is 0 Å². The Hall–Kier alpha value is -2.41. The maximum Gasteiger partial charge on any atom is 0.313 e. The topological polar surface area (TPSA) is 64.7 Å². The fourth-order valence-electron chi connectivity index (χ4n) is 3.14. The maximum absolute atomic E-state index is 11.9. The summed E-state index contributed by atoms with van der Waals surface area (Å²) in [6.07, 6.45) is 0. The summed E-state index contributed by atoms with van der Waals surface area (Å²) in [6.45, 7) is 6.07. The first-order chi connectivity index (χ1) is 13.6. The maximum atomic E-state index is 11.9. The van der Waals surface area contributed by atoms with Crippen molar-refractivity contribution in [3.63, 3.8) is 0 Å². The van der Waals surface area contributed by atoms with Crippen molar-refractivity contribution in [1.29, 1.82) is 0 Å². The highest BCUT2D eigenvalue weighted by molar-refractivity contribution is 6.39. The van der Waals surface area contributed by atoms with Crippen molar-refractivity contribution in [3.05, 3.63) is 65.2 Å². The van der Waals surface area contributed by atoms with Gasteiger partial charge in [-0.2, -0.15) is 0 Å². The third-order valence-electron chi connectivity index (χ3n) is 4.74. The Bertz CT molecular complexity index is 775. The minimum absolute atomic E-state index is 0.450. The molecule has 2 aromatic carbocycles. The Labute approximate surface area is 170 Å². The van der Waals surface area contributed by atoms with Gasteiger partial charge in [-0.3, -0.25) is 19.4 Å². The van der Waals surface area contributed by atoms with E-state index in [0.717, 1.165) is 39.3 Å². The third kappa shape index (κ3) is 6.34. The molecule has 0 aromatic heterocycles. The van der Waals surface area contributed by atoms with Gasteiger partial charge in [-0.05, 0) is 29.8 Å². The average Bonchev–Trinajstić information content (AvgIpc) is 2.71. The van der Waals surface area contributed by atoms with E-state index in [4.69, 9.17) is 11.6 Å². The molecule has 0 aliphatic carbocycles. The van der Waals surface area contributed by atoms with E-state index in [1.54, 1.807) is 24.3 Å². The predicted octanol–water partition coefficient (Wildman–Crippen LogP) is 2.21. The number of hydrogen-bond acceptors (Lipinski definition) is 4. The van der Waals surface area contributed by atoms with Gasteiger partial charge in [-0.15, -0.1) is 0 Å². The molecule has 3 rings (SSSR count). The minimum Gasteiger partial charge on any atom is -0.347 e. The molecule has 1 heterocycles. The van der Waals surface area contributed by atoms with E-state index in [9.17, 15) is 9.59 Å². The van der Waals surface area contributed by atoms with E-state index in [2.05, 4.69) is 44.7 Å². The molecule has 0 spiro atoms. The Morgan fingerprint density at radius 2 is 1.50 bits per heavy atom. The molecule has 1 fully saturated rings. The average molecular weight is 401 g/mol. The molecule has 148 valence electrons. The molecule has 0 saturated carbocycles. The predicted molar refractivity (Wildman–Crippen MR) is 111 cm³/mol. The van der Waals surface area contributed by atoms with Crippen LogP contribution in [0.3, 0.4) is 0 Å². The van der Waals surface area contributed by atoms with Crippen LogP contribution in [-0.2, 0) is 16.1 Å². The largest absolute Gasteiger partial charge is 0.347 e. The zero-order chi connectivity index (χ0) is 19.8. The highest BCUT2D eigenvalue weighted by atomic mass is 35.5. The molecule has 2 N–H and O–H groups in total. The lowest BCUT2D eigenvalue weighted by Gasteiger charge is -2.34. The van der Waals surface area contributed by atoms with E-state index in [0.29, 0.717) is 17.3 Å². The number of benzene rings is 2. The molecule has 0 radical (unpaired) electrons. The number of carbonyl (C=O) groups excluding carboxylic acids is 2. The lowest BCUT2D eigenvalue weighted by Crippen LogP contribution is -2.48. The van der Waals surface area contributed by atoms with Crippen LogP contribution in [0.1, 0.15) is 5.56 Å². The fourth-order valence-corrected chi connectivity index (χ4v) is 3.27. The zero-order valence-electron chi connectivity index (χ0n) is 15.7. The van der Waals surface area contributed by atoms with Gasteiger partial charge in [0.15, 0.2) is 0 Å². The van der Waals surface area contributed by atoms with Gasteiger partial charge in [0, 0.05) is 56.5 Å². The summed E-state index contributed by atoms with van der Waals surface area (Å²) >= 11 is 5.80. The van der Waals surface area contributed by atoms with Crippen molar-refractivity contribution < 1.29 is 9.59 Å². The molecule has 1 aliphatic heterocycles. The molecule has 0 unspecified atom stereocenters. The number of nitrogens with zero attached hydrogens (tertiary/aromatic N) is 2. The van der Waals surface area contributed by atoms with Crippen molar-refractivity contribution >= 4 is 29.1 Å². The summed E-state index contributed by atoms with van der Waals surface area (Å²) in [5.74, 6) is -1.30. The molecule has 28 heavy (non-hydrogen) atoms. The SMILES string of the molecule is O=C(NCCN1CCN(Cc2ccccc2)CC1)C(=O)Nc1ccc(Cl)cc1. The summed E-state index contributed by atoms with van der Waals surface area (Å²) in [6, 6.07) is 17.1. The molecule has 2 aromatic rings. The van der Waals surface area contributed by atoms with Crippen molar-refractivity contribution in [2.75, 3.05) is 44.6 Å². The number of halogens is 1. The highest BCUT2D eigenvalue weighted by Crippen LogP contribution is 2.13. The first kappa shape index (κ1) is 20.3. The van der Waals surface area contributed by atoms with Crippen molar-refractivity contribution in [1.82, 2.24) is 15.1 Å². The van der Waals surface area contributed by atoms with E-state index < -0.39 is 11.8 Å². The highest BCUT2D eigenvalue weighted by Gasteiger charge is 2.18. The van der Waals surface area contributed by atoms with Gasteiger partial charge in [0.2, 0.25) is 0 Å². The molecule has 7 heteroatoms. The third-order valence-corrected chi connectivity index (χ3v) is 4.99. The normalized spacial score (nSPS) is 15.2. The van der Waals surface area contributed by atoms with Crippen LogP contribution in [0.5, 0.6) is 0 Å². The summed E-state index contributed by atoms with van der Waals surface area (Å²) in [4.78, 5) is 28.6. The van der Waals surface area contributed by atoms with Gasteiger partial charge in [-0.1, -0.05) is 41.9 Å². The molecule has 1 aliphatic rings. The van der Waals surface area contributed by atoms with Crippen LogP contribution in [0.2, 0.25) is 5.02 Å².